The molecule has 10 heteroatoms. The Labute approximate surface area is 103 Å². The van der Waals surface area contributed by atoms with Gasteiger partial charge in [-0.05, 0) is 0 Å². The third-order valence-electron chi connectivity index (χ3n) is 1.30. The molecule has 0 spiro atoms. The molecule has 0 aromatic rings. The summed E-state index contributed by atoms with van der Waals surface area (Å²) in [7, 11) is 0. The summed E-state index contributed by atoms with van der Waals surface area (Å²) in [6, 6.07) is -1.07. The molecule has 0 saturated carbocycles. The van der Waals surface area contributed by atoms with Crippen molar-refractivity contribution in [2.45, 2.75) is 6.04 Å². The van der Waals surface area contributed by atoms with Gasteiger partial charge in [-0.1, -0.05) is 23.9 Å². The van der Waals surface area contributed by atoms with E-state index >= 15 is 0 Å². The monoisotopic (exact) mass is 286 g/mol. The van der Waals surface area contributed by atoms with E-state index in [1.807, 2.05) is 0 Å². The van der Waals surface area contributed by atoms with E-state index in [0.717, 1.165) is 0 Å². The SMILES string of the molecule is NO.O=C(O)C1=CC=CC(C(=O)O)[N-]1.[O]=[V][OH2+]. The zero-order chi connectivity index (χ0) is 13.8. The summed E-state index contributed by atoms with van der Waals surface area (Å²) < 4.78 is 14.4. The van der Waals surface area contributed by atoms with Crippen LogP contribution in [0.2, 0.25) is 0 Å². The number of aliphatic carboxylic acids is 2. The number of nitrogens with zero attached hydrogens (tertiary/aromatic N) is 1. The average Bonchev–Trinajstić information content (AvgIpc) is 2.33. The van der Waals surface area contributed by atoms with Gasteiger partial charge in [0.1, 0.15) is 0 Å². The molecule has 0 saturated heterocycles. The number of nitrogens with two attached hydrogens (primary N) is 1. The van der Waals surface area contributed by atoms with Crippen molar-refractivity contribution in [3.05, 3.63) is 29.2 Å². The quantitative estimate of drug-likeness (QED) is 0.361. The Hall–Kier alpha value is -1.52. The van der Waals surface area contributed by atoms with Crippen molar-refractivity contribution < 1.29 is 49.3 Å². The molecule has 17 heavy (non-hydrogen) atoms. The zero-order valence-corrected chi connectivity index (χ0v) is 9.74. The Bertz CT molecular complexity index is 328. The summed E-state index contributed by atoms with van der Waals surface area (Å²) >= 11 is -1.31. The Balaban J connectivity index is 0. The van der Waals surface area contributed by atoms with Crippen LogP contribution in [-0.4, -0.2) is 37.4 Å². The third kappa shape index (κ3) is 8.31. The van der Waals surface area contributed by atoms with Crippen molar-refractivity contribution in [2.24, 2.45) is 5.90 Å². The molecule has 1 heterocycles. The molecule has 9 nitrogen and oxygen atoms in total. The first-order chi connectivity index (χ1) is 8.02. The zero-order valence-electron chi connectivity index (χ0n) is 8.35. The molecule has 1 aliphatic rings. The fourth-order valence-electron chi connectivity index (χ4n) is 0.752. The molecule has 0 aromatic heterocycles. The van der Waals surface area contributed by atoms with Gasteiger partial charge in [0.15, 0.2) is 0 Å². The van der Waals surface area contributed by atoms with Gasteiger partial charge in [0.25, 0.3) is 5.97 Å². The Morgan fingerprint density at radius 2 is 1.88 bits per heavy atom. The summed E-state index contributed by atoms with van der Waals surface area (Å²) in [6.45, 7) is 0. The van der Waals surface area contributed by atoms with Crippen LogP contribution in [0.25, 0.3) is 5.32 Å². The number of allylic oxidation sites excluding steroid dienone is 2. The van der Waals surface area contributed by atoms with E-state index in [1.54, 1.807) is 0 Å². The van der Waals surface area contributed by atoms with Gasteiger partial charge in [0.2, 0.25) is 0 Å². The maximum atomic E-state index is 10.4. The summed E-state index contributed by atoms with van der Waals surface area (Å²) in [5.74, 6) is 1.13. The molecule has 0 radical (unpaired) electrons. The summed E-state index contributed by atoms with van der Waals surface area (Å²) in [5, 5.41) is 26.9. The standard InChI is InChI=1S/C7H6NO4.H3NO.H2O.O.V/c9-6(10)4-2-1-3-5(8-4)7(11)12;1-2;;;/h1-4H,(H,9,10)(H,11,12);2H,1H2;1H2;;/q-1;;;;+1. The van der Waals surface area contributed by atoms with Crippen LogP contribution in [0.3, 0.4) is 0 Å². The molecular formula is C7H11N2O7V. The number of rotatable bonds is 2. The number of carboxylic acids is 2. The number of carbonyl (C=O) groups is 2. The molecular weight excluding hydrogens is 275 g/mol. The minimum absolute atomic E-state index is 0.232. The maximum absolute atomic E-state index is 10.4. The van der Waals surface area contributed by atoms with Gasteiger partial charge in [-0.2, -0.15) is 0 Å². The number of hydrogen-bond donors (Lipinski definition) is 4. The van der Waals surface area contributed by atoms with E-state index < -0.39 is 34.6 Å². The summed E-state index contributed by atoms with van der Waals surface area (Å²) in [6.07, 6.45) is 3.94. The fourth-order valence-corrected chi connectivity index (χ4v) is 0.752. The van der Waals surface area contributed by atoms with Crippen molar-refractivity contribution in [1.82, 2.24) is 0 Å². The van der Waals surface area contributed by atoms with Crippen molar-refractivity contribution in [3.8, 4) is 0 Å². The second-order valence-corrected chi connectivity index (χ2v) is 2.53. The molecule has 1 atom stereocenters. The molecule has 0 bridgehead atoms. The molecule has 96 valence electrons. The van der Waals surface area contributed by atoms with Crippen molar-refractivity contribution in [3.63, 3.8) is 0 Å². The van der Waals surface area contributed by atoms with Gasteiger partial charge in [0, 0.05) is 6.04 Å². The second-order valence-electron chi connectivity index (χ2n) is 2.25. The van der Waals surface area contributed by atoms with E-state index in [4.69, 9.17) is 23.1 Å². The Kier molecular flexibility index (Phi) is 11.5. The van der Waals surface area contributed by atoms with Crippen molar-refractivity contribution >= 4 is 11.9 Å². The predicted octanol–water partition coefficient (Wildman–Crippen LogP) is -1.26. The fraction of sp³-hybridized carbons (Fsp3) is 0.143. The molecule has 1 rings (SSSR count). The van der Waals surface area contributed by atoms with Gasteiger partial charge in [-0.25, -0.2) is 10.7 Å². The second kappa shape index (κ2) is 11.0. The predicted molar refractivity (Wildman–Crippen MR) is 49.9 cm³/mol. The Morgan fingerprint density at radius 1 is 1.41 bits per heavy atom. The van der Waals surface area contributed by atoms with E-state index in [0.29, 0.717) is 0 Å². The molecule has 7 N–H and O–H groups in total. The van der Waals surface area contributed by atoms with Gasteiger partial charge >= 0.3 is 30.3 Å². The number of carboxylic acid groups (broad SMARTS) is 2. The van der Waals surface area contributed by atoms with Crippen LogP contribution in [0.15, 0.2) is 23.9 Å². The van der Waals surface area contributed by atoms with Crippen molar-refractivity contribution in [1.29, 1.82) is 0 Å². The van der Waals surface area contributed by atoms with E-state index in [1.165, 1.54) is 18.2 Å². The van der Waals surface area contributed by atoms with Crippen LogP contribution < -0.4 is 5.90 Å². The molecule has 1 aliphatic heterocycles. The molecule has 0 aliphatic carbocycles. The van der Waals surface area contributed by atoms with Crippen LogP contribution in [0.5, 0.6) is 0 Å². The molecule has 0 fully saturated rings. The molecule has 0 aromatic carbocycles. The minimum atomic E-state index is -1.31. The van der Waals surface area contributed by atoms with Gasteiger partial charge in [-0.15, -0.1) is 0 Å². The van der Waals surface area contributed by atoms with Gasteiger partial charge < -0.3 is 20.7 Å². The normalized spacial score (nSPS) is 15.9. The average molecular weight is 286 g/mol. The van der Waals surface area contributed by atoms with E-state index in [2.05, 4.69) is 11.2 Å². The van der Waals surface area contributed by atoms with Gasteiger partial charge in [0.05, 0.1) is 0 Å². The van der Waals surface area contributed by atoms with Crippen LogP contribution in [-0.2, 0) is 29.9 Å². The number of hydrogen-bond acceptors (Lipinski definition) is 5. The first kappa shape index (κ1) is 17.9. The topological polar surface area (TPSA) is 175 Å². The van der Waals surface area contributed by atoms with Crippen LogP contribution in [0.1, 0.15) is 0 Å². The summed E-state index contributed by atoms with van der Waals surface area (Å²) in [5.41, 5.74) is -0.232. The Morgan fingerprint density at radius 3 is 2.24 bits per heavy atom. The molecule has 0 amide bonds. The van der Waals surface area contributed by atoms with Crippen molar-refractivity contribution in [2.75, 3.05) is 0 Å². The van der Waals surface area contributed by atoms with Crippen LogP contribution >= 0.6 is 0 Å². The molecule has 1 unspecified atom stereocenters. The van der Waals surface area contributed by atoms with Crippen LogP contribution in [0, 0.1) is 0 Å². The van der Waals surface area contributed by atoms with Gasteiger partial charge in [-0.3, -0.25) is 4.79 Å². The van der Waals surface area contributed by atoms with E-state index in [9.17, 15) is 9.59 Å². The van der Waals surface area contributed by atoms with Crippen LogP contribution in [0.4, 0.5) is 0 Å². The first-order valence-corrected chi connectivity index (χ1v) is 5.10. The van der Waals surface area contributed by atoms with E-state index in [-0.39, 0.29) is 5.70 Å². The summed E-state index contributed by atoms with van der Waals surface area (Å²) in [4.78, 5) is 20.7. The third-order valence-corrected chi connectivity index (χ3v) is 1.30. The first-order valence-electron chi connectivity index (χ1n) is 3.83.